The minimum atomic E-state index is -0.467. The van der Waals surface area contributed by atoms with Gasteiger partial charge < -0.3 is 5.32 Å². The number of nitrogens with one attached hydrogen (secondary N) is 1. The molecule has 1 aromatic carbocycles. The van der Waals surface area contributed by atoms with Gasteiger partial charge in [-0.1, -0.05) is 26.7 Å². The summed E-state index contributed by atoms with van der Waals surface area (Å²) in [6.07, 6.45) is 6.89. The van der Waals surface area contributed by atoms with Crippen LogP contribution in [0.5, 0.6) is 0 Å². The summed E-state index contributed by atoms with van der Waals surface area (Å²) >= 11 is 0. The van der Waals surface area contributed by atoms with Crippen LogP contribution in [-0.4, -0.2) is 12.6 Å². The summed E-state index contributed by atoms with van der Waals surface area (Å²) in [7, 11) is 0. The first-order chi connectivity index (χ1) is 10.1. The van der Waals surface area contributed by atoms with E-state index in [1.807, 2.05) is 0 Å². The van der Waals surface area contributed by atoms with E-state index in [2.05, 4.69) is 19.2 Å². The van der Waals surface area contributed by atoms with Crippen molar-refractivity contribution in [1.29, 1.82) is 0 Å². The van der Waals surface area contributed by atoms with Gasteiger partial charge in [0.25, 0.3) is 0 Å². The summed E-state index contributed by atoms with van der Waals surface area (Å²) in [5.41, 5.74) is 0.789. The van der Waals surface area contributed by atoms with E-state index in [-0.39, 0.29) is 0 Å². The van der Waals surface area contributed by atoms with E-state index in [0.717, 1.165) is 30.5 Å². The average Bonchev–Trinajstić information content (AvgIpc) is 2.41. The summed E-state index contributed by atoms with van der Waals surface area (Å²) in [5, 5.41) is 3.56. The second-order valence-electron chi connectivity index (χ2n) is 6.37. The van der Waals surface area contributed by atoms with E-state index in [4.69, 9.17) is 0 Å². The van der Waals surface area contributed by atoms with E-state index in [9.17, 15) is 8.78 Å². The van der Waals surface area contributed by atoms with Crippen molar-refractivity contribution in [2.45, 2.75) is 58.4 Å². The fourth-order valence-corrected chi connectivity index (χ4v) is 3.82. The van der Waals surface area contributed by atoms with Gasteiger partial charge in [-0.25, -0.2) is 8.78 Å². The quantitative estimate of drug-likeness (QED) is 0.802. The zero-order chi connectivity index (χ0) is 15.2. The Bertz CT molecular complexity index is 427. The summed E-state index contributed by atoms with van der Waals surface area (Å²) < 4.78 is 26.7. The molecule has 3 unspecified atom stereocenters. The Balaban J connectivity index is 2.07. The van der Waals surface area contributed by atoms with Gasteiger partial charge in [-0.3, -0.25) is 0 Å². The molecule has 0 aliphatic heterocycles. The predicted molar refractivity (Wildman–Crippen MR) is 83.3 cm³/mol. The molecule has 1 aliphatic carbocycles. The molecule has 0 spiro atoms. The molecule has 21 heavy (non-hydrogen) atoms. The van der Waals surface area contributed by atoms with Crippen LogP contribution in [0.3, 0.4) is 0 Å². The maximum absolute atomic E-state index is 13.4. The summed E-state index contributed by atoms with van der Waals surface area (Å²) in [5.74, 6) is 0.321. The smallest absolute Gasteiger partial charge is 0.126 e. The van der Waals surface area contributed by atoms with Crippen LogP contribution in [0.15, 0.2) is 18.2 Å². The minimum absolute atomic E-state index is 0.467. The van der Waals surface area contributed by atoms with Gasteiger partial charge in [0.2, 0.25) is 0 Å². The van der Waals surface area contributed by atoms with E-state index >= 15 is 0 Å². The molecule has 0 amide bonds. The van der Waals surface area contributed by atoms with Crippen molar-refractivity contribution in [2.24, 2.45) is 11.8 Å². The van der Waals surface area contributed by atoms with E-state index in [0.29, 0.717) is 12.0 Å². The maximum Gasteiger partial charge on any atom is 0.126 e. The number of hydrogen-bond donors (Lipinski definition) is 1. The Kier molecular flexibility index (Phi) is 6.16. The standard InChI is InChI=1S/C18H27F2N/c1-3-5-13-6-7-18(21-4-2)15(8-13)9-14-10-16(19)12-17(20)11-14/h10-13,15,18,21H,3-9H2,1-2H3. The van der Waals surface area contributed by atoms with Crippen molar-refractivity contribution in [3.8, 4) is 0 Å². The van der Waals surface area contributed by atoms with Crippen molar-refractivity contribution in [2.75, 3.05) is 6.54 Å². The van der Waals surface area contributed by atoms with Gasteiger partial charge in [-0.05, 0) is 61.8 Å². The lowest BCUT2D eigenvalue weighted by atomic mass is 9.74. The molecule has 0 bridgehead atoms. The molecular formula is C18H27F2N. The molecule has 0 radical (unpaired) electrons. The predicted octanol–water partition coefficient (Wildman–Crippen LogP) is 4.70. The third kappa shape index (κ3) is 4.77. The highest BCUT2D eigenvalue weighted by Crippen LogP contribution is 2.34. The van der Waals surface area contributed by atoms with Gasteiger partial charge in [-0.15, -0.1) is 0 Å². The first kappa shape index (κ1) is 16.4. The van der Waals surface area contributed by atoms with Crippen molar-refractivity contribution >= 4 is 0 Å². The van der Waals surface area contributed by atoms with Crippen LogP contribution in [-0.2, 0) is 6.42 Å². The number of halogens is 2. The number of hydrogen-bond acceptors (Lipinski definition) is 1. The highest BCUT2D eigenvalue weighted by molar-refractivity contribution is 5.19. The average molecular weight is 295 g/mol. The second-order valence-corrected chi connectivity index (χ2v) is 6.37. The molecule has 3 atom stereocenters. The van der Waals surface area contributed by atoms with Crippen molar-refractivity contribution < 1.29 is 8.78 Å². The summed E-state index contributed by atoms with van der Waals surface area (Å²) in [6.45, 7) is 5.31. The van der Waals surface area contributed by atoms with Gasteiger partial charge >= 0.3 is 0 Å². The SMILES string of the molecule is CCCC1CCC(NCC)C(Cc2cc(F)cc(F)c2)C1. The van der Waals surface area contributed by atoms with Gasteiger partial charge in [0.05, 0.1) is 0 Å². The third-order valence-corrected chi connectivity index (χ3v) is 4.67. The molecule has 0 aromatic heterocycles. The molecule has 1 N–H and O–H groups in total. The van der Waals surface area contributed by atoms with Crippen LogP contribution in [0.25, 0.3) is 0 Å². The van der Waals surface area contributed by atoms with Crippen molar-refractivity contribution in [3.63, 3.8) is 0 Å². The van der Waals surface area contributed by atoms with E-state index in [1.165, 1.54) is 44.2 Å². The highest BCUT2D eigenvalue weighted by Gasteiger charge is 2.29. The molecule has 0 heterocycles. The monoisotopic (exact) mass is 295 g/mol. The van der Waals surface area contributed by atoms with Crippen molar-refractivity contribution in [1.82, 2.24) is 5.32 Å². The van der Waals surface area contributed by atoms with Crippen LogP contribution >= 0.6 is 0 Å². The van der Waals surface area contributed by atoms with Crippen LogP contribution in [0.1, 0.15) is 51.5 Å². The zero-order valence-electron chi connectivity index (χ0n) is 13.2. The minimum Gasteiger partial charge on any atom is -0.314 e. The Morgan fingerprint density at radius 2 is 1.81 bits per heavy atom. The Labute approximate surface area is 127 Å². The largest absolute Gasteiger partial charge is 0.314 e. The van der Waals surface area contributed by atoms with E-state index < -0.39 is 11.6 Å². The fraction of sp³-hybridized carbons (Fsp3) is 0.667. The van der Waals surface area contributed by atoms with Crippen LogP contribution in [0.2, 0.25) is 0 Å². The van der Waals surface area contributed by atoms with Crippen molar-refractivity contribution in [3.05, 3.63) is 35.4 Å². The lowest BCUT2D eigenvalue weighted by Gasteiger charge is -2.37. The number of benzene rings is 1. The Morgan fingerprint density at radius 1 is 1.10 bits per heavy atom. The summed E-state index contributed by atoms with van der Waals surface area (Å²) in [4.78, 5) is 0. The molecular weight excluding hydrogens is 268 g/mol. The molecule has 1 aliphatic rings. The third-order valence-electron chi connectivity index (χ3n) is 4.67. The van der Waals surface area contributed by atoms with Gasteiger partial charge in [0.15, 0.2) is 0 Å². The molecule has 1 fully saturated rings. The molecule has 0 saturated heterocycles. The molecule has 118 valence electrons. The lowest BCUT2D eigenvalue weighted by molar-refractivity contribution is 0.195. The van der Waals surface area contributed by atoms with E-state index in [1.54, 1.807) is 0 Å². The maximum atomic E-state index is 13.4. The zero-order valence-corrected chi connectivity index (χ0v) is 13.2. The molecule has 2 rings (SSSR count). The second kappa shape index (κ2) is 7.88. The summed E-state index contributed by atoms with van der Waals surface area (Å²) in [6, 6.07) is 4.39. The fourth-order valence-electron chi connectivity index (χ4n) is 3.82. The molecule has 1 nitrogen and oxygen atoms in total. The first-order valence-electron chi connectivity index (χ1n) is 8.30. The topological polar surface area (TPSA) is 12.0 Å². The normalized spacial score (nSPS) is 26.0. The van der Waals surface area contributed by atoms with Gasteiger partial charge in [0.1, 0.15) is 11.6 Å². The molecule has 1 saturated carbocycles. The van der Waals surface area contributed by atoms with Crippen LogP contribution in [0, 0.1) is 23.5 Å². The van der Waals surface area contributed by atoms with Crippen LogP contribution in [0.4, 0.5) is 8.78 Å². The van der Waals surface area contributed by atoms with Crippen LogP contribution < -0.4 is 5.32 Å². The number of rotatable bonds is 6. The lowest BCUT2D eigenvalue weighted by Crippen LogP contribution is -2.41. The van der Waals surface area contributed by atoms with Gasteiger partial charge in [0, 0.05) is 12.1 Å². The molecule has 3 heteroatoms. The molecule has 1 aromatic rings. The Morgan fingerprint density at radius 3 is 2.43 bits per heavy atom. The first-order valence-corrected chi connectivity index (χ1v) is 8.30. The Hall–Kier alpha value is -0.960. The highest BCUT2D eigenvalue weighted by atomic mass is 19.1. The van der Waals surface area contributed by atoms with Gasteiger partial charge in [-0.2, -0.15) is 0 Å².